The lowest BCUT2D eigenvalue weighted by molar-refractivity contribution is -0.139. The van der Waals surface area contributed by atoms with Crippen molar-refractivity contribution in [3.05, 3.63) is 78.7 Å². The standard InChI is InChI=1S/C27H29N3O4S2/c1-4-33-26(32)23-17(2)28-27-30(24(23)18-8-11-20(35-3)12-9-18)25(31)21(36-27)16-19-10-13-22(34-19)29-14-6-5-7-15-29/h8-13,16,24H,4-7,14-15H2,1-3H3. The van der Waals surface area contributed by atoms with E-state index in [1.165, 1.54) is 17.8 Å². The van der Waals surface area contributed by atoms with E-state index in [2.05, 4.69) is 9.89 Å². The molecule has 5 rings (SSSR count). The maximum absolute atomic E-state index is 13.7. The summed E-state index contributed by atoms with van der Waals surface area (Å²) in [5.74, 6) is 1.01. The second kappa shape index (κ2) is 10.5. The summed E-state index contributed by atoms with van der Waals surface area (Å²) in [5.41, 5.74) is 1.58. The summed E-state index contributed by atoms with van der Waals surface area (Å²) in [4.78, 5) is 35.3. The number of furan rings is 1. The Kier molecular flexibility index (Phi) is 7.20. The van der Waals surface area contributed by atoms with Gasteiger partial charge < -0.3 is 14.1 Å². The molecule has 9 heteroatoms. The van der Waals surface area contributed by atoms with Crippen LogP contribution in [-0.2, 0) is 9.53 Å². The molecule has 1 unspecified atom stereocenters. The zero-order valence-electron chi connectivity index (χ0n) is 20.7. The third-order valence-corrected chi connectivity index (χ3v) is 8.23. The van der Waals surface area contributed by atoms with Crippen molar-refractivity contribution in [3.63, 3.8) is 0 Å². The van der Waals surface area contributed by atoms with Crippen LogP contribution in [0.2, 0.25) is 0 Å². The Morgan fingerprint density at radius 3 is 2.64 bits per heavy atom. The number of nitrogens with zero attached hydrogens (tertiary/aromatic N) is 3. The number of thioether (sulfide) groups is 1. The number of thiazole rings is 1. The number of carbonyl (C=O) groups excluding carboxylic acids is 1. The van der Waals surface area contributed by atoms with Gasteiger partial charge in [0.05, 0.1) is 28.5 Å². The van der Waals surface area contributed by atoms with Crippen LogP contribution in [0, 0.1) is 0 Å². The van der Waals surface area contributed by atoms with Gasteiger partial charge in [0.15, 0.2) is 10.7 Å². The number of ether oxygens (including phenoxy) is 1. The quantitative estimate of drug-likeness (QED) is 0.358. The molecule has 1 saturated heterocycles. The Morgan fingerprint density at radius 1 is 1.19 bits per heavy atom. The van der Waals surface area contributed by atoms with E-state index in [0.29, 0.717) is 26.4 Å². The zero-order chi connectivity index (χ0) is 25.2. The summed E-state index contributed by atoms with van der Waals surface area (Å²) in [5, 5.41) is 0. The first-order chi connectivity index (χ1) is 17.5. The highest BCUT2D eigenvalue weighted by molar-refractivity contribution is 7.98. The number of rotatable bonds is 6. The lowest BCUT2D eigenvalue weighted by atomic mass is 9.96. The highest BCUT2D eigenvalue weighted by Crippen LogP contribution is 2.31. The van der Waals surface area contributed by atoms with Crippen molar-refractivity contribution in [1.82, 2.24) is 4.57 Å². The fourth-order valence-electron chi connectivity index (χ4n) is 4.73. The largest absolute Gasteiger partial charge is 0.463 e. The van der Waals surface area contributed by atoms with Crippen molar-refractivity contribution < 1.29 is 13.9 Å². The normalized spacial score (nSPS) is 18.2. The number of aromatic nitrogens is 1. The highest BCUT2D eigenvalue weighted by Gasteiger charge is 2.33. The summed E-state index contributed by atoms with van der Waals surface area (Å²) >= 11 is 2.94. The van der Waals surface area contributed by atoms with Gasteiger partial charge in [-0.3, -0.25) is 9.36 Å². The van der Waals surface area contributed by atoms with Crippen molar-refractivity contribution in [3.8, 4) is 0 Å². The molecule has 4 heterocycles. The Morgan fingerprint density at radius 2 is 1.94 bits per heavy atom. The van der Waals surface area contributed by atoms with E-state index in [4.69, 9.17) is 9.15 Å². The average Bonchev–Trinajstić information content (AvgIpc) is 3.48. The van der Waals surface area contributed by atoms with Crippen LogP contribution in [0.5, 0.6) is 0 Å². The van der Waals surface area contributed by atoms with E-state index in [-0.39, 0.29) is 12.2 Å². The number of hydrogen-bond donors (Lipinski definition) is 0. The Labute approximate surface area is 217 Å². The topological polar surface area (TPSA) is 77.0 Å². The molecule has 1 fully saturated rings. The van der Waals surface area contributed by atoms with Crippen LogP contribution in [0.4, 0.5) is 5.88 Å². The van der Waals surface area contributed by atoms with E-state index < -0.39 is 12.0 Å². The van der Waals surface area contributed by atoms with Crippen LogP contribution in [0.15, 0.2) is 66.8 Å². The van der Waals surface area contributed by atoms with Crippen LogP contribution < -0.4 is 19.8 Å². The Hall–Kier alpha value is -3.04. The minimum Gasteiger partial charge on any atom is -0.463 e. The van der Waals surface area contributed by atoms with Crippen molar-refractivity contribution in [2.45, 2.75) is 44.0 Å². The number of anilines is 1. The molecule has 1 aromatic carbocycles. The summed E-state index contributed by atoms with van der Waals surface area (Å²) in [6.45, 7) is 5.79. The number of hydrogen-bond acceptors (Lipinski definition) is 8. The second-order valence-corrected chi connectivity index (χ2v) is 10.7. The van der Waals surface area contributed by atoms with Gasteiger partial charge in [0, 0.05) is 30.1 Å². The molecule has 36 heavy (non-hydrogen) atoms. The van der Waals surface area contributed by atoms with Gasteiger partial charge >= 0.3 is 5.97 Å². The van der Waals surface area contributed by atoms with E-state index in [0.717, 1.165) is 42.3 Å². The molecule has 0 saturated carbocycles. The molecule has 3 aromatic rings. The second-order valence-electron chi connectivity index (χ2n) is 8.80. The fraction of sp³-hybridized carbons (Fsp3) is 0.370. The average molecular weight is 524 g/mol. The van der Waals surface area contributed by atoms with Gasteiger partial charge in [0.1, 0.15) is 5.76 Å². The molecule has 0 N–H and O–H groups in total. The Bertz CT molecular complexity index is 1470. The summed E-state index contributed by atoms with van der Waals surface area (Å²) in [6.07, 6.45) is 7.36. The highest BCUT2D eigenvalue weighted by atomic mass is 32.2. The van der Waals surface area contributed by atoms with E-state index >= 15 is 0 Å². The molecule has 0 bridgehead atoms. The lowest BCUT2D eigenvalue weighted by Gasteiger charge is -2.25. The van der Waals surface area contributed by atoms with Crippen molar-refractivity contribution >= 4 is 41.0 Å². The first-order valence-electron chi connectivity index (χ1n) is 12.2. The monoisotopic (exact) mass is 523 g/mol. The number of fused-ring (bicyclic) bond motifs is 1. The van der Waals surface area contributed by atoms with Gasteiger partial charge in [-0.25, -0.2) is 9.79 Å². The molecule has 7 nitrogen and oxygen atoms in total. The van der Waals surface area contributed by atoms with Gasteiger partial charge in [0.2, 0.25) is 0 Å². The maximum Gasteiger partial charge on any atom is 0.338 e. The van der Waals surface area contributed by atoms with Gasteiger partial charge in [-0.05, 0) is 63.1 Å². The molecular formula is C27H29N3O4S2. The van der Waals surface area contributed by atoms with Crippen LogP contribution in [0.1, 0.15) is 50.5 Å². The molecule has 0 amide bonds. The first kappa shape index (κ1) is 24.6. The SMILES string of the molecule is CCOC(=O)C1=C(C)N=c2sc(=Cc3ccc(N4CCCCC4)o3)c(=O)n2C1c1ccc(SC)cc1. The van der Waals surface area contributed by atoms with Crippen molar-refractivity contribution in [1.29, 1.82) is 0 Å². The van der Waals surface area contributed by atoms with Gasteiger partial charge in [-0.15, -0.1) is 11.8 Å². The predicted octanol–water partition coefficient (Wildman–Crippen LogP) is 4.10. The smallest absolute Gasteiger partial charge is 0.338 e. The van der Waals surface area contributed by atoms with Crippen LogP contribution in [-0.4, -0.2) is 36.5 Å². The zero-order valence-corrected chi connectivity index (χ0v) is 22.3. The van der Waals surface area contributed by atoms with Crippen molar-refractivity contribution in [2.75, 3.05) is 30.9 Å². The molecule has 0 radical (unpaired) electrons. The molecular weight excluding hydrogens is 494 g/mol. The molecule has 2 aliphatic rings. The molecule has 2 aromatic heterocycles. The molecule has 0 spiro atoms. The third kappa shape index (κ3) is 4.69. The molecule has 1 atom stereocenters. The molecule has 188 valence electrons. The summed E-state index contributed by atoms with van der Waals surface area (Å²) < 4.78 is 13.6. The number of piperidine rings is 1. The van der Waals surface area contributed by atoms with Gasteiger partial charge in [0.25, 0.3) is 5.56 Å². The van der Waals surface area contributed by atoms with E-state index in [1.807, 2.05) is 42.7 Å². The molecule has 0 aliphatic carbocycles. The van der Waals surface area contributed by atoms with Crippen LogP contribution in [0.25, 0.3) is 6.08 Å². The van der Waals surface area contributed by atoms with Crippen LogP contribution >= 0.6 is 23.1 Å². The van der Waals surface area contributed by atoms with Gasteiger partial charge in [-0.1, -0.05) is 23.5 Å². The fourth-order valence-corrected chi connectivity index (χ4v) is 6.16. The number of benzene rings is 1. The third-order valence-electron chi connectivity index (χ3n) is 6.50. The number of esters is 1. The van der Waals surface area contributed by atoms with Crippen molar-refractivity contribution in [2.24, 2.45) is 4.99 Å². The number of allylic oxidation sites excluding steroid dienone is 1. The molecule has 2 aliphatic heterocycles. The van der Waals surface area contributed by atoms with Crippen LogP contribution in [0.3, 0.4) is 0 Å². The van der Waals surface area contributed by atoms with Gasteiger partial charge in [-0.2, -0.15) is 0 Å². The van der Waals surface area contributed by atoms with E-state index in [1.54, 1.807) is 36.3 Å². The lowest BCUT2D eigenvalue weighted by Crippen LogP contribution is -2.39. The first-order valence-corrected chi connectivity index (χ1v) is 14.2. The summed E-state index contributed by atoms with van der Waals surface area (Å²) in [7, 11) is 0. The predicted molar refractivity (Wildman–Crippen MR) is 143 cm³/mol. The minimum absolute atomic E-state index is 0.206. The van der Waals surface area contributed by atoms with E-state index in [9.17, 15) is 9.59 Å². The number of carbonyl (C=O) groups is 1. The Balaban J connectivity index is 1.60. The maximum atomic E-state index is 13.7. The summed E-state index contributed by atoms with van der Waals surface area (Å²) in [6, 6.07) is 11.2. The minimum atomic E-state index is -0.612.